The first-order valence-electron chi connectivity index (χ1n) is 8.05. The van der Waals surface area contributed by atoms with Gasteiger partial charge < -0.3 is 18.3 Å². The van der Waals surface area contributed by atoms with Crippen molar-refractivity contribution in [3.8, 4) is 11.5 Å². The zero-order valence-electron chi connectivity index (χ0n) is 14.3. The molecule has 0 aliphatic heterocycles. The predicted molar refractivity (Wildman–Crippen MR) is 98.4 cm³/mol. The molecule has 0 aliphatic rings. The van der Waals surface area contributed by atoms with Crippen LogP contribution in [-0.4, -0.2) is 20.0 Å². The van der Waals surface area contributed by atoms with Crippen LogP contribution in [0.3, 0.4) is 0 Å². The van der Waals surface area contributed by atoms with Gasteiger partial charge in [0.1, 0.15) is 22.7 Å². The summed E-state index contributed by atoms with van der Waals surface area (Å²) < 4.78 is 22.0. The van der Waals surface area contributed by atoms with Gasteiger partial charge in [-0.3, -0.25) is 4.79 Å². The third kappa shape index (κ3) is 2.73. The zero-order chi connectivity index (χ0) is 18.1. The Balaban J connectivity index is 1.88. The summed E-state index contributed by atoms with van der Waals surface area (Å²) in [5.74, 6) is 0.710. The molecule has 5 nitrogen and oxygen atoms in total. The Hall–Kier alpha value is -3.47. The molecule has 0 atom stereocenters. The van der Waals surface area contributed by atoms with E-state index in [0.717, 1.165) is 10.8 Å². The molecule has 4 rings (SSSR count). The van der Waals surface area contributed by atoms with E-state index in [9.17, 15) is 4.79 Å². The van der Waals surface area contributed by atoms with E-state index in [1.165, 1.54) is 13.2 Å². The first-order chi connectivity index (χ1) is 12.7. The minimum atomic E-state index is -0.303. The van der Waals surface area contributed by atoms with Crippen LogP contribution in [0, 0.1) is 0 Å². The van der Waals surface area contributed by atoms with Crippen molar-refractivity contribution in [3.63, 3.8) is 0 Å². The molecule has 0 saturated carbocycles. The van der Waals surface area contributed by atoms with Crippen molar-refractivity contribution in [2.45, 2.75) is 0 Å². The van der Waals surface area contributed by atoms with E-state index >= 15 is 0 Å². The third-order valence-electron chi connectivity index (χ3n) is 4.17. The molecule has 5 heteroatoms. The van der Waals surface area contributed by atoms with Crippen LogP contribution in [0.4, 0.5) is 0 Å². The Bertz CT molecular complexity index is 1130. The SMILES string of the molecule is COc1ccc(OC)c(C(=O)C=c2oc3cccc4cccc(o2)c43)c1. The number of benzene rings is 3. The second-order valence-corrected chi connectivity index (χ2v) is 5.71. The van der Waals surface area contributed by atoms with E-state index in [1.54, 1.807) is 25.3 Å². The van der Waals surface area contributed by atoms with Gasteiger partial charge in [-0.25, -0.2) is 0 Å². The largest absolute Gasteiger partial charge is 0.497 e. The fraction of sp³-hybridized carbons (Fsp3) is 0.0952. The summed E-state index contributed by atoms with van der Waals surface area (Å²) >= 11 is 0. The first kappa shape index (κ1) is 16.0. The highest BCUT2D eigenvalue weighted by atomic mass is 16.5. The standard InChI is InChI=1S/C21H16O5/c1-23-14-9-10-17(24-2)15(11-14)16(22)12-20-25-18-7-3-5-13-6-4-8-19(26-20)21(13)18/h3-12H,1-2H3. The molecule has 0 N–H and O–H groups in total. The van der Waals surface area contributed by atoms with Gasteiger partial charge in [-0.2, -0.15) is 0 Å². The number of carbonyl (C=O) groups is 1. The van der Waals surface area contributed by atoms with Crippen molar-refractivity contribution in [1.29, 1.82) is 0 Å². The van der Waals surface area contributed by atoms with Gasteiger partial charge in [-0.15, -0.1) is 0 Å². The van der Waals surface area contributed by atoms with E-state index in [2.05, 4.69) is 0 Å². The summed E-state index contributed by atoms with van der Waals surface area (Å²) in [5.41, 5.74) is 1.79. The van der Waals surface area contributed by atoms with Crippen LogP contribution in [0.15, 0.2) is 63.4 Å². The number of rotatable bonds is 4. The molecule has 0 spiro atoms. The Labute approximate surface area is 149 Å². The molecule has 130 valence electrons. The topological polar surface area (TPSA) is 61.8 Å². The molecule has 3 aromatic carbocycles. The average molecular weight is 348 g/mol. The fourth-order valence-electron chi connectivity index (χ4n) is 2.93. The lowest BCUT2D eigenvalue weighted by Crippen LogP contribution is -2.07. The monoisotopic (exact) mass is 348 g/mol. The van der Waals surface area contributed by atoms with Crippen molar-refractivity contribution in [3.05, 3.63) is 65.8 Å². The molecule has 1 aromatic heterocycles. The lowest BCUT2D eigenvalue weighted by Gasteiger charge is -2.08. The smallest absolute Gasteiger partial charge is 0.294 e. The highest BCUT2D eigenvalue weighted by Gasteiger charge is 2.13. The van der Waals surface area contributed by atoms with Crippen LogP contribution < -0.4 is 15.1 Å². The lowest BCUT2D eigenvalue weighted by atomic mass is 10.1. The molecule has 0 saturated heterocycles. The molecule has 0 unspecified atom stereocenters. The molecule has 0 fully saturated rings. The summed E-state index contributed by atoms with van der Waals surface area (Å²) in [4.78, 5) is 12.7. The molecule has 1 heterocycles. The van der Waals surface area contributed by atoms with Crippen LogP contribution in [0.1, 0.15) is 10.4 Å². The summed E-state index contributed by atoms with van der Waals surface area (Å²) in [5, 5.41) is 1.90. The van der Waals surface area contributed by atoms with E-state index in [-0.39, 0.29) is 11.4 Å². The number of hydrogen-bond acceptors (Lipinski definition) is 5. The van der Waals surface area contributed by atoms with Crippen LogP contribution in [0.5, 0.6) is 11.5 Å². The van der Waals surface area contributed by atoms with Gasteiger partial charge in [0.2, 0.25) is 0 Å². The molecule has 0 bridgehead atoms. The van der Waals surface area contributed by atoms with Crippen molar-refractivity contribution in [1.82, 2.24) is 0 Å². The van der Waals surface area contributed by atoms with Gasteiger partial charge >= 0.3 is 0 Å². The Morgan fingerprint density at radius 1 is 0.923 bits per heavy atom. The fourth-order valence-corrected chi connectivity index (χ4v) is 2.93. The van der Waals surface area contributed by atoms with Crippen LogP contribution in [-0.2, 0) is 0 Å². The summed E-state index contributed by atoms with van der Waals surface area (Å²) in [6.45, 7) is 0. The zero-order valence-corrected chi connectivity index (χ0v) is 14.3. The Morgan fingerprint density at radius 2 is 1.62 bits per heavy atom. The quantitative estimate of drug-likeness (QED) is 0.519. The van der Waals surface area contributed by atoms with E-state index < -0.39 is 0 Å². The summed E-state index contributed by atoms with van der Waals surface area (Å²) in [6, 6.07) is 16.5. The van der Waals surface area contributed by atoms with Gasteiger partial charge in [-0.05, 0) is 35.7 Å². The number of methoxy groups -OCH3 is 2. The lowest BCUT2D eigenvalue weighted by molar-refractivity contribution is 0.105. The molecule has 0 radical (unpaired) electrons. The minimum Gasteiger partial charge on any atom is -0.497 e. The maximum absolute atomic E-state index is 12.7. The van der Waals surface area contributed by atoms with Crippen molar-refractivity contribution in [2.75, 3.05) is 14.2 Å². The van der Waals surface area contributed by atoms with Crippen LogP contribution in [0.2, 0.25) is 0 Å². The number of ether oxygens (including phenoxy) is 2. The van der Waals surface area contributed by atoms with Crippen molar-refractivity contribution < 1.29 is 23.1 Å². The van der Waals surface area contributed by atoms with Crippen LogP contribution in [0.25, 0.3) is 28.0 Å². The Morgan fingerprint density at radius 3 is 2.23 bits per heavy atom. The second kappa shape index (κ2) is 6.44. The van der Waals surface area contributed by atoms with Gasteiger partial charge in [-0.1, -0.05) is 24.3 Å². The number of hydrogen-bond donors (Lipinski definition) is 0. The van der Waals surface area contributed by atoms with Crippen LogP contribution >= 0.6 is 0 Å². The van der Waals surface area contributed by atoms with E-state index in [1.807, 2.05) is 36.4 Å². The van der Waals surface area contributed by atoms with Gasteiger partial charge in [0.15, 0.2) is 5.78 Å². The van der Waals surface area contributed by atoms with Crippen molar-refractivity contribution >= 4 is 33.8 Å². The Kier molecular flexibility index (Phi) is 3.97. The van der Waals surface area contributed by atoms with Gasteiger partial charge in [0.25, 0.3) is 5.61 Å². The molecular formula is C21H16O5. The summed E-state index contributed by atoms with van der Waals surface area (Å²) in [6.07, 6.45) is 1.31. The maximum Gasteiger partial charge on any atom is 0.294 e. The minimum absolute atomic E-state index is 0.117. The van der Waals surface area contributed by atoms with E-state index in [4.69, 9.17) is 18.3 Å². The molecule has 26 heavy (non-hydrogen) atoms. The number of ketones is 1. The predicted octanol–water partition coefficient (Wildman–Crippen LogP) is 4.14. The number of Topliss-reactive ketones (excluding diaryl/α,β-unsaturated/α-hetero) is 1. The molecule has 0 aliphatic carbocycles. The molecule has 0 amide bonds. The normalized spacial score (nSPS) is 10.8. The average Bonchev–Trinajstić information content (AvgIpc) is 2.67. The molecular weight excluding hydrogens is 332 g/mol. The highest BCUT2D eigenvalue weighted by Crippen LogP contribution is 2.26. The highest BCUT2D eigenvalue weighted by molar-refractivity contribution is 6.18. The van der Waals surface area contributed by atoms with Gasteiger partial charge in [0, 0.05) is 0 Å². The second-order valence-electron chi connectivity index (χ2n) is 5.71. The summed E-state index contributed by atoms with van der Waals surface area (Å²) in [7, 11) is 3.05. The maximum atomic E-state index is 12.7. The third-order valence-corrected chi connectivity index (χ3v) is 4.17. The molecule has 4 aromatic rings. The van der Waals surface area contributed by atoms with Crippen molar-refractivity contribution in [2.24, 2.45) is 0 Å². The van der Waals surface area contributed by atoms with E-state index in [0.29, 0.717) is 28.2 Å². The first-order valence-corrected chi connectivity index (χ1v) is 8.05. The van der Waals surface area contributed by atoms with Gasteiger partial charge in [0.05, 0.1) is 31.2 Å². The number of carbonyl (C=O) groups excluding carboxylic acids is 1.